The number of rotatable bonds is 3. The molecule has 0 fully saturated rings. The van der Waals surface area contributed by atoms with E-state index in [-0.39, 0.29) is 0 Å². The van der Waals surface area contributed by atoms with Crippen LogP contribution in [0.2, 0.25) is 0 Å². The van der Waals surface area contributed by atoms with Gasteiger partial charge in [0.1, 0.15) is 12.1 Å². The molecule has 5 nitrogen and oxygen atoms in total. The van der Waals surface area contributed by atoms with Crippen LogP contribution in [-0.2, 0) is 0 Å². The van der Waals surface area contributed by atoms with Gasteiger partial charge in [0.2, 0.25) is 0 Å². The molecule has 3 aromatic heterocycles. The van der Waals surface area contributed by atoms with Crippen molar-refractivity contribution in [3.8, 4) is 34.8 Å². The monoisotopic (exact) mass is 535 g/mol. The lowest BCUT2D eigenvalue weighted by Gasteiger charge is -2.14. The Labute approximate surface area is 241 Å². The Morgan fingerprint density at radius 1 is 0.524 bits per heavy atom. The van der Waals surface area contributed by atoms with Crippen molar-refractivity contribution >= 4 is 43.6 Å². The highest BCUT2D eigenvalue weighted by Gasteiger charge is 2.19. The van der Waals surface area contributed by atoms with Crippen LogP contribution in [0.5, 0.6) is 0 Å². The lowest BCUT2D eigenvalue weighted by Crippen LogP contribution is -2.00. The third-order valence-corrected chi connectivity index (χ3v) is 8.03. The molecule has 8 aromatic rings. The third-order valence-electron chi connectivity index (χ3n) is 8.03. The molecule has 0 aliphatic heterocycles. The molecule has 0 saturated heterocycles. The topological polar surface area (TPSA) is 70.3 Å². The molecule has 0 bridgehead atoms. The Balaban J connectivity index is 1.42. The molecule has 3 heterocycles. The first-order chi connectivity index (χ1) is 20.8. The zero-order valence-electron chi connectivity index (χ0n) is 22.4. The van der Waals surface area contributed by atoms with Gasteiger partial charge in [-0.1, -0.05) is 72.8 Å². The first-order valence-corrected chi connectivity index (χ1v) is 13.7. The van der Waals surface area contributed by atoms with Gasteiger partial charge in [-0.25, -0.2) is 0 Å². The van der Waals surface area contributed by atoms with E-state index in [4.69, 9.17) is 0 Å². The van der Waals surface area contributed by atoms with Gasteiger partial charge in [0.25, 0.3) is 0 Å². The van der Waals surface area contributed by atoms with Crippen LogP contribution in [0.4, 0.5) is 0 Å². The minimum Gasteiger partial charge on any atom is -0.309 e. The van der Waals surface area contributed by atoms with Crippen molar-refractivity contribution in [1.82, 2.24) is 14.1 Å². The summed E-state index contributed by atoms with van der Waals surface area (Å²) < 4.78 is 4.58. The van der Waals surface area contributed by atoms with Crippen molar-refractivity contribution in [3.05, 3.63) is 139 Å². The minimum atomic E-state index is 0.363. The molecule has 194 valence electrons. The molecule has 0 saturated carbocycles. The highest BCUT2D eigenvalue weighted by atomic mass is 15.0. The summed E-state index contributed by atoms with van der Waals surface area (Å²) in [4.78, 5) is 4.57. The number of pyridine rings is 1. The first-order valence-electron chi connectivity index (χ1n) is 13.7. The molecule has 0 radical (unpaired) electrons. The van der Waals surface area contributed by atoms with Gasteiger partial charge in [0.15, 0.2) is 0 Å². The van der Waals surface area contributed by atoms with Crippen molar-refractivity contribution < 1.29 is 0 Å². The van der Waals surface area contributed by atoms with E-state index in [1.54, 1.807) is 6.07 Å². The maximum absolute atomic E-state index is 9.93. The highest BCUT2D eigenvalue weighted by Crippen LogP contribution is 2.39. The fourth-order valence-corrected chi connectivity index (χ4v) is 6.25. The predicted molar refractivity (Wildman–Crippen MR) is 168 cm³/mol. The molecule has 5 heteroatoms. The van der Waals surface area contributed by atoms with E-state index in [0.717, 1.165) is 38.7 Å². The zero-order valence-corrected chi connectivity index (χ0v) is 22.4. The van der Waals surface area contributed by atoms with Crippen LogP contribution in [0.3, 0.4) is 0 Å². The summed E-state index contributed by atoms with van der Waals surface area (Å²) in [7, 11) is 0. The molecule has 42 heavy (non-hydrogen) atoms. The van der Waals surface area contributed by atoms with Gasteiger partial charge in [-0.3, -0.25) is 4.98 Å². The largest absolute Gasteiger partial charge is 0.309 e. The van der Waals surface area contributed by atoms with E-state index in [1.807, 2.05) is 18.2 Å². The Kier molecular flexibility index (Phi) is 5.19. The second-order valence-electron chi connectivity index (χ2n) is 10.3. The van der Waals surface area contributed by atoms with Crippen molar-refractivity contribution in [2.75, 3.05) is 0 Å². The fourth-order valence-electron chi connectivity index (χ4n) is 6.25. The molecular weight excluding hydrogens is 514 g/mol. The average molecular weight is 536 g/mol. The van der Waals surface area contributed by atoms with Crippen LogP contribution in [-0.4, -0.2) is 14.1 Å². The Bertz CT molecular complexity index is 2390. The average Bonchev–Trinajstić information content (AvgIpc) is 3.57. The second kappa shape index (κ2) is 9.20. The van der Waals surface area contributed by atoms with Gasteiger partial charge < -0.3 is 9.13 Å². The molecule has 0 amide bonds. The smallest absolute Gasteiger partial charge is 0.101 e. The molecule has 0 aliphatic carbocycles. The molecule has 5 aromatic carbocycles. The summed E-state index contributed by atoms with van der Waals surface area (Å²) in [5.74, 6) is 0. The number of hydrogen-bond donors (Lipinski definition) is 0. The van der Waals surface area contributed by atoms with E-state index in [0.29, 0.717) is 16.8 Å². The summed E-state index contributed by atoms with van der Waals surface area (Å²) in [6.07, 6.45) is 1.52. The van der Waals surface area contributed by atoms with Gasteiger partial charge >= 0.3 is 0 Å². The summed E-state index contributed by atoms with van der Waals surface area (Å²) in [6, 6.07) is 46.1. The van der Waals surface area contributed by atoms with E-state index in [1.165, 1.54) is 28.0 Å². The number of hydrogen-bond acceptors (Lipinski definition) is 3. The van der Waals surface area contributed by atoms with Gasteiger partial charge in [-0.2, -0.15) is 10.5 Å². The SMILES string of the molecule is N#Cc1cnc(-c2ccccc2-n2c3ccccc3c3cc(-n4c5ccccc5c5ccccc54)ccc32)c(C#N)c1. The van der Waals surface area contributed by atoms with Crippen molar-refractivity contribution in [3.63, 3.8) is 0 Å². The summed E-state index contributed by atoms with van der Waals surface area (Å²) in [6.45, 7) is 0. The van der Waals surface area contributed by atoms with E-state index in [2.05, 4.69) is 123 Å². The van der Waals surface area contributed by atoms with Crippen LogP contribution in [0.25, 0.3) is 66.2 Å². The minimum absolute atomic E-state index is 0.363. The van der Waals surface area contributed by atoms with Crippen LogP contribution >= 0.6 is 0 Å². The van der Waals surface area contributed by atoms with E-state index < -0.39 is 0 Å². The molecule has 0 unspecified atom stereocenters. The molecule has 0 N–H and O–H groups in total. The van der Waals surface area contributed by atoms with Crippen LogP contribution in [0, 0.1) is 22.7 Å². The van der Waals surface area contributed by atoms with Gasteiger partial charge in [0, 0.05) is 39.0 Å². The number of para-hydroxylation sites is 4. The maximum Gasteiger partial charge on any atom is 0.101 e. The molecule has 0 atom stereocenters. The molecular formula is C37H21N5. The zero-order chi connectivity index (χ0) is 28.2. The Hall–Kier alpha value is -6.17. The summed E-state index contributed by atoms with van der Waals surface area (Å²) >= 11 is 0. The Morgan fingerprint density at radius 2 is 1.10 bits per heavy atom. The van der Waals surface area contributed by atoms with Crippen LogP contribution in [0.15, 0.2) is 128 Å². The normalized spacial score (nSPS) is 11.3. The van der Waals surface area contributed by atoms with Crippen molar-refractivity contribution in [2.45, 2.75) is 0 Å². The van der Waals surface area contributed by atoms with E-state index >= 15 is 0 Å². The first kappa shape index (κ1) is 23.7. The van der Waals surface area contributed by atoms with Crippen LogP contribution < -0.4 is 0 Å². The molecule has 0 spiro atoms. The lowest BCUT2D eigenvalue weighted by atomic mass is 10.0. The third kappa shape index (κ3) is 3.38. The van der Waals surface area contributed by atoms with Crippen molar-refractivity contribution in [2.24, 2.45) is 0 Å². The number of fused-ring (bicyclic) bond motifs is 6. The summed E-state index contributed by atoms with van der Waals surface area (Å²) in [5.41, 5.74) is 8.59. The number of nitriles is 2. The molecule has 8 rings (SSSR count). The fraction of sp³-hybridized carbons (Fsp3) is 0. The Morgan fingerprint density at radius 3 is 1.76 bits per heavy atom. The van der Waals surface area contributed by atoms with Gasteiger partial charge in [-0.15, -0.1) is 0 Å². The van der Waals surface area contributed by atoms with E-state index in [9.17, 15) is 10.5 Å². The second-order valence-corrected chi connectivity index (χ2v) is 10.3. The quantitative estimate of drug-likeness (QED) is 0.227. The number of benzene rings is 5. The lowest BCUT2D eigenvalue weighted by molar-refractivity contribution is 1.16. The number of nitrogens with zero attached hydrogens (tertiary/aromatic N) is 5. The maximum atomic E-state index is 9.93. The predicted octanol–water partition coefficient (Wildman–Crippen LogP) is 8.69. The summed E-state index contributed by atoms with van der Waals surface area (Å²) in [5, 5.41) is 24.0. The van der Waals surface area contributed by atoms with Crippen molar-refractivity contribution in [1.29, 1.82) is 10.5 Å². The van der Waals surface area contributed by atoms with Crippen LogP contribution in [0.1, 0.15) is 11.1 Å². The number of aromatic nitrogens is 3. The highest BCUT2D eigenvalue weighted by molar-refractivity contribution is 6.12. The molecule has 0 aliphatic rings. The van der Waals surface area contributed by atoms with Gasteiger partial charge in [0.05, 0.1) is 44.6 Å². The van der Waals surface area contributed by atoms with Gasteiger partial charge in [-0.05, 0) is 48.5 Å². The standard InChI is InChI=1S/C37H21N5/c38-21-24-19-25(22-39)37(40-23-24)30-12-4-8-16-35(30)42-34-15-7-3-11-29(34)31-20-26(17-18-36(31)42)41-32-13-5-1-9-27(32)28-10-2-6-14-33(28)41/h1-20,23H.